The Hall–Kier alpha value is -0.640. The van der Waals surface area contributed by atoms with E-state index < -0.39 is 0 Å². The van der Waals surface area contributed by atoms with Gasteiger partial charge in [0.25, 0.3) is 0 Å². The van der Waals surface area contributed by atoms with Crippen molar-refractivity contribution in [3.05, 3.63) is 34.6 Å². The number of hydrogen-bond donors (Lipinski definition) is 1. The van der Waals surface area contributed by atoms with Crippen molar-refractivity contribution in [2.24, 2.45) is 0 Å². The maximum absolute atomic E-state index is 13.3. The average Bonchev–Trinajstić information content (AvgIpc) is 2.39. The van der Waals surface area contributed by atoms with Gasteiger partial charge in [0.15, 0.2) is 0 Å². The Morgan fingerprint density at radius 3 is 2.63 bits per heavy atom. The molecule has 0 aliphatic heterocycles. The third-order valence-electron chi connectivity index (χ3n) is 3.69. The highest BCUT2D eigenvalue weighted by molar-refractivity contribution is 6.31. The first-order chi connectivity index (χ1) is 8.96. The van der Waals surface area contributed by atoms with Crippen molar-refractivity contribution in [3.8, 4) is 0 Å². The SMILES string of the molecule is CCOC(C)(CC)C(Cc1cc(F)ccc1Cl)NC. The zero-order chi connectivity index (χ0) is 14.5. The van der Waals surface area contributed by atoms with Crippen LogP contribution in [0.15, 0.2) is 18.2 Å². The van der Waals surface area contributed by atoms with Crippen LogP contribution in [0.25, 0.3) is 0 Å². The molecule has 1 aromatic rings. The lowest BCUT2D eigenvalue weighted by Crippen LogP contribution is -2.50. The van der Waals surface area contributed by atoms with Crippen LogP contribution in [0.4, 0.5) is 4.39 Å². The van der Waals surface area contributed by atoms with Gasteiger partial charge in [0, 0.05) is 17.7 Å². The van der Waals surface area contributed by atoms with E-state index in [-0.39, 0.29) is 17.5 Å². The van der Waals surface area contributed by atoms with Gasteiger partial charge in [-0.05, 0) is 57.5 Å². The molecule has 0 bridgehead atoms. The topological polar surface area (TPSA) is 21.3 Å². The maximum Gasteiger partial charge on any atom is 0.123 e. The second-order valence-corrected chi connectivity index (χ2v) is 5.29. The quantitative estimate of drug-likeness (QED) is 0.823. The molecule has 19 heavy (non-hydrogen) atoms. The van der Waals surface area contributed by atoms with Crippen LogP contribution in [0, 0.1) is 5.82 Å². The van der Waals surface area contributed by atoms with Crippen LogP contribution in [0.3, 0.4) is 0 Å². The minimum atomic E-state index is -0.293. The third-order valence-corrected chi connectivity index (χ3v) is 4.06. The molecular formula is C15H23ClFNO. The summed E-state index contributed by atoms with van der Waals surface area (Å²) in [7, 11) is 1.89. The molecular weight excluding hydrogens is 265 g/mol. The number of halogens is 2. The van der Waals surface area contributed by atoms with Gasteiger partial charge < -0.3 is 10.1 Å². The van der Waals surface area contributed by atoms with E-state index in [1.807, 2.05) is 14.0 Å². The van der Waals surface area contributed by atoms with Crippen molar-refractivity contribution < 1.29 is 9.13 Å². The van der Waals surface area contributed by atoms with Crippen LogP contribution in [-0.4, -0.2) is 25.3 Å². The van der Waals surface area contributed by atoms with E-state index >= 15 is 0 Å². The Labute approximate surface area is 120 Å². The monoisotopic (exact) mass is 287 g/mol. The summed E-state index contributed by atoms with van der Waals surface area (Å²) in [6.07, 6.45) is 1.51. The van der Waals surface area contributed by atoms with Gasteiger partial charge in [-0.15, -0.1) is 0 Å². The van der Waals surface area contributed by atoms with Crippen molar-refractivity contribution in [2.45, 2.75) is 45.3 Å². The highest BCUT2D eigenvalue weighted by Crippen LogP contribution is 2.26. The summed E-state index contributed by atoms with van der Waals surface area (Å²) in [4.78, 5) is 0. The highest BCUT2D eigenvalue weighted by Gasteiger charge is 2.32. The van der Waals surface area contributed by atoms with E-state index in [1.54, 1.807) is 6.07 Å². The van der Waals surface area contributed by atoms with Crippen molar-refractivity contribution in [1.82, 2.24) is 5.32 Å². The fraction of sp³-hybridized carbons (Fsp3) is 0.600. The lowest BCUT2D eigenvalue weighted by Gasteiger charge is -2.37. The van der Waals surface area contributed by atoms with Gasteiger partial charge in [0.2, 0.25) is 0 Å². The lowest BCUT2D eigenvalue weighted by atomic mass is 9.88. The van der Waals surface area contributed by atoms with Crippen molar-refractivity contribution in [1.29, 1.82) is 0 Å². The van der Waals surface area contributed by atoms with Gasteiger partial charge in [0.1, 0.15) is 5.82 Å². The number of likely N-dealkylation sites (N-methyl/N-ethyl adjacent to an activating group) is 1. The summed E-state index contributed by atoms with van der Waals surface area (Å²) < 4.78 is 19.2. The predicted molar refractivity (Wildman–Crippen MR) is 78.3 cm³/mol. The predicted octanol–water partition coefficient (Wildman–Crippen LogP) is 3.81. The number of ether oxygens (including phenoxy) is 1. The summed E-state index contributed by atoms with van der Waals surface area (Å²) in [5, 5.41) is 3.86. The van der Waals surface area contributed by atoms with Crippen molar-refractivity contribution in [2.75, 3.05) is 13.7 Å². The molecule has 2 atom stereocenters. The Morgan fingerprint density at radius 2 is 2.11 bits per heavy atom. The van der Waals surface area contributed by atoms with E-state index in [0.717, 1.165) is 12.0 Å². The Bertz CT molecular complexity index is 413. The molecule has 0 aliphatic rings. The van der Waals surface area contributed by atoms with Crippen molar-refractivity contribution in [3.63, 3.8) is 0 Å². The lowest BCUT2D eigenvalue weighted by molar-refractivity contribution is -0.0534. The summed E-state index contributed by atoms with van der Waals surface area (Å²) in [6, 6.07) is 4.55. The number of benzene rings is 1. The number of rotatable bonds is 7. The highest BCUT2D eigenvalue weighted by atomic mass is 35.5. The van der Waals surface area contributed by atoms with Crippen molar-refractivity contribution >= 4 is 11.6 Å². The summed E-state index contributed by atoms with van der Waals surface area (Å²) >= 11 is 6.13. The van der Waals surface area contributed by atoms with Gasteiger partial charge in [-0.2, -0.15) is 0 Å². The van der Waals surface area contributed by atoms with Crippen LogP contribution >= 0.6 is 11.6 Å². The zero-order valence-electron chi connectivity index (χ0n) is 12.1. The molecule has 0 saturated heterocycles. The first kappa shape index (κ1) is 16.4. The Kier molecular flexibility index (Phi) is 6.24. The fourth-order valence-electron chi connectivity index (χ4n) is 2.32. The molecule has 0 amide bonds. The molecule has 2 nitrogen and oxygen atoms in total. The molecule has 1 aromatic carbocycles. The number of nitrogens with one attached hydrogen (secondary N) is 1. The molecule has 0 fully saturated rings. The first-order valence-electron chi connectivity index (χ1n) is 6.72. The Balaban J connectivity index is 2.95. The molecule has 0 saturated carbocycles. The van der Waals surface area contributed by atoms with Gasteiger partial charge >= 0.3 is 0 Å². The van der Waals surface area contributed by atoms with Gasteiger partial charge in [0.05, 0.1) is 5.60 Å². The standard InChI is InChI=1S/C15H23ClFNO/c1-5-15(3,19-6-2)14(18-4)10-11-9-12(17)7-8-13(11)16/h7-9,14,18H,5-6,10H2,1-4H3. The van der Waals surface area contributed by atoms with Gasteiger partial charge in [-0.25, -0.2) is 4.39 Å². The van der Waals surface area contributed by atoms with Crippen LogP contribution in [0.2, 0.25) is 5.02 Å². The van der Waals surface area contributed by atoms with Crippen LogP contribution in [0.1, 0.15) is 32.8 Å². The minimum absolute atomic E-state index is 0.0803. The fourth-order valence-corrected chi connectivity index (χ4v) is 2.52. The number of hydrogen-bond acceptors (Lipinski definition) is 2. The normalized spacial score (nSPS) is 16.1. The van der Waals surface area contributed by atoms with E-state index in [1.165, 1.54) is 12.1 Å². The molecule has 0 radical (unpaired) electrons. The zero-order valence-corrected chi connectivity index (χ0v) is 12.9. The molecule has 2 unspecified atom stereocenters. The summed E-state index contributed by atoms with van der Waals surface area (Å²) in [6.45, 7) is 6.80. The smallest absolute Gasteiger partial charge is 0.123 e. The van der Waals surface area contributed by atoms with E-state index in [2.05, 4.69) is 19.2 Å². The van der Waals surface area contributed by atoms with E-state index in [4.69, 9.17) is 16.3 Å². The van der Waals surface area contributed by atoms with Gasteiger partial charge in [-0.3, -0.25) is 0 Å². The molecule has 1 N–H and O–H groups in total. The van der Waals surface area contributed by atoms with E-state index in [9.17, 15) is 4.39 Å². The summed E-state index contributed by atoms with van der Waals surface area (Å²) in [5.74, 6) is -0.260. The molecule has 0 heterocycles. The first-order valence-corrected chi connectivity index (χ1v) is 7.09. The maximum atomic E-state index is 13.3. The minimum Gasteiger partial charge on any atom is -0.374 e. The van der Waals surface area contributed by atoms with E-state index in [0.29, 0.717) is 18.1 Å². The third kappa shape index (κ3) is 4.16. The molecule has 0 aliphatic carbocycles. The molecule has 108 valence electrons. The molecule has 1 rings (SSSR count). The molecule has 0 spiro atoms. The second kappa shape index (κ2) is 7.22. The van der Waals surface area contributed by atoms with Crippen LogP contribution in [0.5, 0.6) is 0 Å². The van der Waals surface area contributed by atoms with Crippen LogP contribution < -0.4 is 5.32 Å². The summed E-state index contributed by atoms with van der Waals surface area (Å²) in [5.41, 5.74) is 0.513. The largest absolute Gasteiger partial charge is 0.374 e. The average molecular weight is 288 g/mol. The molecule has 4 heteroatoms. The second-order valence-electron chi connectivity index (χ2n) is 4.88. The van der Waals surface area contributed by atoms with Crippen LogP contribution in [-0.2, 0) is 11.2 Å². The van der Waals surface area contributed by atoms with Gasteiger partial charge in [-0.1, -0.05) is 18.5 Å². The molecule has 0 aromatic heterocycles. The Morgan fingerprint density at radius 1 is 1.42 bits per heavy atom.